The zero-order valence-electron chi connectivity index (χ0n) is 7.46. The van der Waals surface area contributed by atoms with E-state index in [0.717, 1.165) is 21.2 Å². The molecule has 0 unspecified atom stereocenters. The van der Waals surface area contributed by atoms with Crippen LogP contribution in [0.4, 0.5) is 0 Å². The predicted molar refractivity (Wildman–Crippen MR) is 62.3 cm³/mol. The molecule has 71 valence electrons. The van der Waals surface area contributed by atoms with E-state index in [4.69, 9.17) is 11.6 Å². The Hall–Kier alpha value is -0.800. The Balaban J connectivity index is 2.51. The van der Waals surface area contributed by atoms with Gasteiger partial charge in [0, 0.05) is 10.0 Å². The van der Waals surface area contributed by atoms with Crippen LogP contribution in [-0.2, 0) is 0 Å². The maximum absolute atomic E-state index is 5.91. The first-order valence-electron chi connectivity index (χ1n) is 4.09. The summed E-state index contributed by atoms with van der Waals surface area (Å²) in [5.74, 6) is 0. The van der Waals surface area contributed by atoms with Gasteiger partial charge in [0.25, 0.3) is 0 Å². The van der Waals surface area contributed by atoms with Crippen LogP contribution in [0.5, 0.6) is 0 Å². The van der Waals surface area contributed by atoms with Gasteiger partial charge >= 0.3 is 0 Å². The van der Waals surface area contributed by atoms with Crippen molar-refractivity contribution in [2.24, 2.45) is 5.10 Å². The minimum Gasteiger partial charge on any atom is -0.157 e. The van der Waals surface area contributed by atoms with Crippen LogP contribution in [0.3, 0.4) is 0 Å². The van der Waals surface area contributed by atoms with Crippen molar-refractivity contribution in [2.45, 2.75) is 6.92 Å². The van der Waals surface area contributed by atoms with Crippen molar-refractivity contribution in [2.75, 3.05) is 0 Å². The van der Waals surface area contributed by atoms with Crippen LogP contribution in [0.2, 0.25) is 0 Å². The van der Waals surface area contributed by atoms with Gasteiger partial charge < -0.3 is 0 Å². The lowest BCUT2D eigenvalue weighted by molar-refractivity contribution is 0.976. The Labute approximate surface area is 95.8 Å². The lowest BCUT2D eigenvalue weighted by atomic mass is 10.0. The standard InChI is InChI=1S/C10H7BrClN2/c1-6-2-3-7(11)4-8(6)9-5-13-14-10(9)12/h2-5H,1H3. The molecule has 0 fully saturated rings. The molecule has 1 aliphatic rings. The van der Waals surface area contributed by atoms with E-state index < -0.39 is 0 Å². The fourth-order valence-corrected chi connectivity index (χ4v) is 1.86. The summed E-state index contributed by atoms with van der Waals surface area (Å²) in [4.78, 5) is 0. The van der Waals surface area contributed by atoms with Crippen molar-refractivity contribution in [3.05, 3.63) is 40.0 Å². The number of allylic oxidation sites excluding steroid dienone is 1. The number of rotatable bonds is 1. The molecule has 2 rings (SSSR count). The SMILES string of the molecule is Cc1ccc(Br)cc1C1=C[N]N=C1Cl. The highest BCUT2D eigenvalue weighted by atomic mass is 79.9. The van der Waals surface area contributed by atoms with Crippen molar-refractivity contribution in [3.8, 4) is 0 Å². The molecule has 2 nitrogen and oxygen atoms in total. The van der Waals surface area contributed by atoms with Crippen LogP contribution in [0.15, 0.2) is 34.0 Å². The van der Waals surface area contributed by atoms with Crippen molar-refractivity contribution < 1.29 is 0 Å². The van der Waals surface area contributed by atoms with Gasteiger partial charge in [-0.1, -0.05) is 33.6 Å². The summed E-state index contributed by atoms with van der Waals surface area (Å²) in [5.41, 5.74) is 6.87. The van der Waals surface area contributed by atoms with Gasteiger partial charge in [-0.25, -0.2) is 0 Å². The minimum absolute atomic E-state index is 0.450. The summed E-state index contributed by atoms with van der Waals surface area (Å²) in [6.07, 6.45) is 1.68. The third-order valence-corrected chi connectivity index (χ3v) is 2.82. The summed E-state index contributed by atoms with van der Waals surface area (Å²) in [7, 11) is 0. The first-order chi connectivity index (χ1) is 6.68. The van der Waals surface area contributed by atoms with Gasteiger partial charge in [0.05, 0.1) is 6.20 Å². The second-order valence-electron chi connectivity index (χ2n) is 3.01. The summed E-state index contributed by atoms with van der Waals surface area (Å²) >= 11 is 9.33. The van der Waals surface area contributed by atoms with Gasteiger partial charge in [-0.2, -0.15) is 5.43 Å². The van der Waals surface area contributed by atoms with Crippen LogP contribution < -0.4 is 5.43 Å². The number of halogens is 2. The largest absolute Gasteiger partial charge is 0.161 e. The highest BCUT2D eigenvalue weighted by Crippen LogP contribution is 2.27. The first kappa shape index (κ1) is 9.74. The van der Waals surface area contributed by atoms with Crippen molar-refractivity contribution >= 4 is 38.3 Å². The second kappa shape index (κ2) is 3.75. The number of nitrogens with zero attached hydrogens (tertiary/aromatic N) is 2. The molecule has 0 bridgehead atoms. The van der Waals surface area contributed by atoms with E-state index in [-0.39, 0.29) is 0 Å². The van der Waals surface area contributed by atoms with Gasteiger partial charge in [0.2, 0.25) is 0 Å². The molecule has 1 aromatic rings. The van der Waals surface area contributed by atoms with E-state index in [0.29, 0.717) is 5.17 Å². The molecule has 0 saturated carbocycles. The first-order valence-corrected chi connectivity index (χ1v) is 5.26. The van der Waals surface area contributed by atoms with Gasteiger partial charge in [-0.05, 0) is 30.2 Å². The van der Waals surface area contributed by atoms with E-state index in [1.165, 1.54) is 0 Å². The molecule has 0 aliphatic carbocycles. The van der Waals surface area contributed by atoms with E-state index in [9.17, 15) is 0 Å². The average Bonchev–Trinajstić information content (AvgIpc) is 2.56. The molecule has 0 spiro atoms. The fourth-order valence-electron chi connectivity index (χ4n) is 1.31. The van der Waals surface area contributed by atoms with E-state index in [2.05, 4.69) is 26.5 Å². The summed E-state index contributed by atoms with van der Waals surface area (Å²) < 4.78 is 1.02. The molecule has 0 saturated heterocycles. The normalized spacial score (nSPS) is 14.8. The molecule has 1 aliphatic heterocycles. The second-order valence-corrected chi connectivity index (χ2v) is 4.28. The van der Waals surface area contributed by atoms with Gasteiger partial charge in [-0.15, -0.1) is 5.10 Å². The molecule has 4 heteroatoms. The molecule has 0 aromatic heterocycles. The molecular formula is C10H7BrClN2. The van der Waals surface area contributed by atoms with E-state index in [1.54, 1.807) is 6.20 Å². The topological polar surface area (TPSA) is 26.5 Å². The van der Waals surface area contributed by atoms with E-state index in [1.807, 2.05) is 25.1 Å². The van der Waals surface area contributed by atoms with Gasteiger partial charge in [-0.3, -0.25) is 0 Å². The van der Waals surface area contributed by atoms with Gasteiger partial charge in [0.15, 0.2) is 5.17 Å². The summed E-state index contributed by atoms with van der Waals surface area (Å²) in [5, 5.41) is 4.21. The zero-order chi connectivity index (χ0) is 10.1. The Morgan fingerprint density at radius 1 is 1.36 bits per heavy atom. The van der Waals surface area contributed by atoms with Crippen LogP contribution in [0.25, 0.3) is 5.57 Å². The molecule has 1 heterocycles. The maximum atomic E-state index is 5.91. The molecule has 0 N–H and O–H groups in total. The third-order valence-electron chi connectivity index (χ3n) is 2.04. The van der Waals surface area contributed by atoms with Crippen LogP contribution in [0.1, 0.15) is 11.1 Å². The van der Waals surface area contributed by atoms with Crippen molar-refractivity contribution in [1.29, 1.82) is 0 Å². The van der Waals surface area contributed by atoms with Crippen molar-refractivity contribution in [1.82, 2.24) is 5.43 Å². The van der Waals surface area contributed by atoms with Crippen LogP contribution in [-0.4, -0.2) is 5.17 Å². The third kappa shape index (κ3) is 1.70. The maximum Gasteiger partial charge on any atom is 0.161 e. The predicted octanol–water partition coefficient (Wildman–Crippen LogP) is 3.27. The number of hydrogen-bond donors (Lipinski definition) is 0. The highest BCUT2D eigenvalue weighted by molar-refractivity contribution is 9.10. The molecule has 14 heavy (non-hydrogen) atoms. The smallest absolute Gasteiger partial charge is 0.157 e. The van der Waals surface area contributed by atoms with Crippen LogP contribution in [0, 0.1) is 6.92 Å². The Kier molecular flexibility index (Phi) is 2.61. The fraction of sp³-hybridized carbons (Fsp3) is 0.100. The highest BCUT2D eigenvalue weighted by Gasteiger charge is 2.15. The Bertz CT molecular complexity index is 438. The number of hydrogen-bond acceptors (Lipinski definition) is 1. The average molecular weight is 271 g/mol. The number of aryl methyl sites for hydroxylation is 1. The monoisotopic (exact) mass is 269 g/mol. The molecule has 0 amide bonds. The molecular weight excluding hydrogens is 263 g/mol. The summed E-state index contributed by atoms with van der Waals surface area (Å²) in [6.45, 7) is 2.03. The number of benzene rings is 1. The Morgan fingerprint density at radius 3 is 2.79 bits per heavy atom. The molecule has 1 radical (unpaired) electrons. The lowest BCUT2D eigenvalue weighted by Gasteiger charge is -2.05. The van der Waals surface area contributed by atoms with E-state index >= 15 is 0 Å². The summed E-state index contributed by atoms with van der Waals surface area (Å²) in [6, 6.07) is 6.04. The van der Waals surface area contributed by atoms with Gasteiger partial charge in [0.1, 0.15) is 0 Å². The minimum atomic E-state index is 0.450. The van der Waals surface area contributed by atoms with Crippen molar-refractivity contribution in [3.63, 3.8) is 0 Å². The Morgan fingerprint density at radius 2 is 2.14 bits per heavy atom. The molecule has 1 aromatic carbocycles. The quantitative estimate of drug-likeness (QED) is 0.749. The zero-order valence-corrected chi connectivity index (χ0v) is 9.80. The van der Waals surface area contributed by atoms with Crippen LogP contribution >= 0.6 is 27.5 Å². The lowest BCUT2D eigenvalue weighted by Crippen LogP contribution is -1.93. The molecule has 0 atom stereocenters.